The quantitative estimate of drug-likeness (QED) is 0.630. The number of nitrogens with one attached hydrogen (secondary N) is 1. The molecule has 3 N–H and O–H groups in total. The summed E-state index contributed by atoms with van der Waals surface area (Å²) in [5.41, 5.74) is 5.90. The summed E-state index contributed by atoms with van der Waals surface area (Å²) in [6, 6.07) is -0.551. The van der Waals surface area contributed by atoms with Crippen molar-refractivity contribution in [3.8, 4) is 0 Å². The van der Waals surface area contributed by atoms with Gasteiger partial charge in [-0.1, -0.05) is 20.3 Å². The number of hydrogen-bond acceptors (Lipinski definition) is 7. The lowest BCUT2D eigenvalue weighted by molar-refractivity contribution is -0.133. The molecule has 28 heavy (non-hydrogen) atoms. The molecular weight excluding hydrogens is 366 g/mol. The van der Waals surface area contributed by atoms with Gasteiger partial charge in [0.2, 0.25) is 11.8 Å². The molecule has 1 aliphatic rings. The summed E-state index contributed by atoms with van der Waals surface area (Å²) in [5.74, 6) is -0.169. The van der Waals surface area contributed by atoms with E-state index in [1.807, 2.05) is 13.8 Å². The van der Waals surface area contributed by atoms with Crippen LogP contribution in [0.25, 0.3) is 0 Å². The second-order valence-corrected chi connectivity index (χ2v) is 6.78. The van der Waals surface area contributed by atoms with Crippen LogP contribution in [0.2, 0.25) is 0 Å². The van der Waals surface area contributed by atoms with E-state index >= 15 is 0 Å². The van der Waals surface area contributed by atoms with Crippen molar-refractivity contribution in [3.05, 3.63) is 0 Å². The maximum absolute atomic E-state index is 12.5. The van der Waals surface area contributed by atoms with Crippen LogP contribution < -0.4 is 11.1 Å². The smallest absolute Gasteiger partial charge is 0.237 e. The lowest BCUT2D eigenvalue weighted by Crippen LogP contribution is -2.46. The molecule has 1 heterocycles. The predicted octanol–water partition coefficient (Wildman–Crippen LogP) is -0.225. The van der Waals surface area contributed by atoms with Crippen molar-refractivity contribution < 1.29 is 28.5 Å². The van der Waals surface area contributed by atoms with Crippen molar-refractivity contribution in [2.45, 2.75) is 32.7 Å². The number of carbonyl (C=O) groups excluding carboxylic acids is 2. The topological polar surface area (TPSA) is 112 Å². The Kier molecular flexibility index (Phi) is 13.8. The Morgan fingerprint density at radius 3 is 1.86 bits per heavy atom. The molecule has 0 aromatic rings. The molecule has 1 saturated heterocycles. The maximum atomic E-state index is 12.5. The van der Waals surface area contributed by atoms with Gasteiger partial charge in [0, 0.05) is 26.1 Å². The van der Waals surface area contributed by atoms with Gasteiger partial charge in [0.25, 0.3) is 0 Å². The molecule has 2 atom stereocenters. The van der Waals surface area contributed by atoms with Crippen molar-refractivity contribution in [1.82, 2.24) is 10.2 Å². The summed E-state index contributed by atoms with van der Waals surface area (Å²) in [5, 5.41) is 2.75. The Labute approximate surface area is 168 Å². The van der Waals surface area contributed by atoms with Crippen LogP contribution in [0, 0.1) is 5.92 Å². The second kappa shape index (κ2) is 15.6. The minimum absolute atomic E-state index is 0.0542. The van der Waals surface area contributed by atoms with Crippen molar-refractivity contribution in [1.29, 1.82) is 0 Å². The summed E-state index contributed by atoms with van der Waals surface area (Å²) >= 11 is 0. The van der Waals surface area contributed by atoms with E-state index in [4.69, 9.17) is 24.7 Å². The van der Waals surface area contributed by atoms with Gasteiger partial charge in [0.1, 0.15) is 0 Å². The molecule has 0 saturated carbocycles. The van der Waals surface area contributed by atoms with E-state index in [0.717, 1.165) is 6.42 Å². The third kappa shape index (κ3) is 10.9. The van der Waals surface area contributed by atoms with E-state index in [2.05, 4.69) is 5.32 Å². The Hall–Kier alpha value is -1.26. The van der Waals surface area contributed by atoms with Crippen molar-refractivity contribution in [3.63, 3.8) is 0 Å². The number of amides is 2. The highest BCUT2D eigenvalue weighted by Gasteiger charge is 2.20. The Bertz CT molecular complexity index is 422. The van der Waals surface area contributed by atoms with Gasteiger partial charge in [-0.15, -0.1) is 0 Å². The molecule has 1 fully saturated rings. The molecule has 164 valence electrons. The average Bonchev–Trinajstić information content (AvgIpc) is 2.71. The van der Waals surface area contributed by atoms with Crippen LogP contribution >= 0.6 is 0 Å². The van der Waals surface area contributed by atoms with Crippen LogP contribution in [0.1, 0.15) is 26.7 Å². The molecule has 0 unspecified atom stereocenters. The summed E-state index contributed by atoms with van der Waals surface area (Å²) in [6.45, 7) is 8.99. The van der Waals surface area contributed by atoms with Gasteiger partial charge >= 0.3 is 0 Å². The monoisotopic (exact) mass is 403 g/mol. The number of rotatable bonds is 6. The summed E-state index contributed by atoms with van der Waals surface area (Å²) < 4.78 is 21.8. The fourth-order valence-electron chi connectivity index (χ4n) is 2.55. The highest BCUT2D eigenvalue weighted by Crippen LogP contribution is 2.05. The first-order valence-electron chi connectivity index (χ1n) is 10.2. The molecule has 2 amide bonds. The van der Waals surface area contributed by atoms with Crippen molar-refractivity contribution >= 4 is 11.8 Å². The van der Waals surface area contributed by atoms with Gasteiger partial charge in [-0.25, -0.2) is 0 Å². The van der Waals surface area contributed by atoms with Gasteiger partial charge in [-0.3, -0.25) is 9.59 Å². The SMILES string of the molecule is CC[C@@H](C)[C@H](N)C(=O)NCCC(=O)N1CCOCCOCCOCCOCC1. The lowest BCUT2D eigenvalue weighted by atomic mass is 9.99. The van der Waals surface area contributed by atoms with Gasteiger partial charge in [-0.05, 0) is 5.92 Å². The zero-order chi connectivity index (χ0) is 20.6. The molecule has 0 spiro atoms. The van der Waals surface area contributed by atoms with Crippen LogP contribution in [0.3, 0.4) is 0 Å². The Balaban J connectivity index is 2.39. The fraction of sp³-hybridized carbons (Fsp3) is 0.895. The summed E-state index contributed by atoms with van der Waals surface area (Å²) in [6.07, 6.45) is 1.04. The third-order valence-electron chi connectivity index (χ3n) is 4.68. The van der Waals surface area contributed by atoms with E-state index in [1.54, 1.807) is 4.90 Å². The van der Waals surface area contributed by atoms with E-state index in [0.29, 0.717) is 65.9 Å². The molecule has 9 nitrogen and oxygen atoms in total. The molecule has 1 aliphatic heterocycles. The molecule has 0 aromatic heterocycles. The minimum atomic E-state index is -0.551. The summed E-state index contributed by atoms with van der Waals surface area (Å²) in [4.78, 5) is 26.2. The van der Waals surface area contributed by atoms with E-state index in [9.17, 15) is 9.59 Å². The highest BCUT2D eigenvalue weighted by molar-refractivity contribution is 5.82. The average molecular weight is 404 g/mol. The molecule has 0 radical (unpaired) electrons. The standard InChI is InChI=1S/C19H37N3O6/c1-3-16(2)18(20)19(24)21-5-4-17(23)22-6-8-25-10-12-27-14-15-28-13-11-26-9-7-22/h16,18H,3-15,20H2,1-2H3,(H,21,24)/t16-,18+/m1/s1. The van der Waals surface area contributed by atoms with E-state index in [1.165, 1.54) is 0 Å². The van der Waals surface area contributed by atoms with E-state index < -0.39 is 6.04 Å². The van der Waals surface area contributed by atoms with Gasteiger partial charge in [0.15, 0.2) is 0 Å². The maximum Gasteiger partial charge on any atom is 0.237 e. The molecule has 0 aliphatic carbocycles. The first-order valence-corrected chi connectivity index (χ1v) is 10.2. The van der Waals surface area contributed by atoms with Gasteiger partial charge < -0.3 is 34.9 Å². The highest BCUT2D eigenvalue weighted by atomic mass is 16.6. The number of ether oxygens (including phenoxy) is 4. The third-order valence-corrected chi connectivity index (χ3v) is 4.68. The Morgan fingerprint density at radius 2 is 1.39 bits per heavy atom. The molecule has 0 aromatic carbocycles. The number of nitrogens with two attached hydrogens (primary N) is 1. The largest absolute Gasteiger partial charge is 0.377 e. The number of carbonyl (C=O) groups is 2. The second-order valence-electron chi connectivity index (χ2n) is 6.78. The van der Waals surface area contributed by atoms with Crippen LogP contribution in [0.4, 0.5) is 0 Å². The Morgan fingerprint density at radius 1 is 0.929 bits per heavy atom. The van der Waals surface area contributed by atoms with Gasteiger partial charge in [-0.2, -0.15) is 0 Å². The molecule has 1 rings (SSSR count). The number of nitrogens with zero attached hydrogens (tertiary/aromatic N) is 1. The lowest BCUT2D eigenvalue weighted by Gasteiger charge is -2.23. The van der Waals surface area contributed by atoms with Crippen LogP contribution in [0.15, 0.2) is 0 Å². The first-order chi connectivity index (χ1) is 13.6. The first kappa shape index (κ1) is 24.8. The van der Waals surface area contributed by atoms with E-state index in [-0.39, 0.29) is 30.7 Å². The van der Waals surface area contributed by atoms with Gasteiger partial charge in [0.05, 0.1) is 58.9 Å². The van der Waals surface area contributed by atoms with Crippen molar-refractivity contribution in [2.24, 2.45) is 11.7 Å². The molecule has 9 heteroatoms. The molecule has 0 bridgehead atoms. The zero-order valence-corrected chi connectivity index (χ0v) is 17.3. The normalized spacial score (nSPS) is 20.5. The van der Waals surface area contributed by atoms with Crippen LogP contribution in [0.5, 0.6) is 0 Å². The van der Waals surface area contributed by atoms with Crippen LogP contribution in [-0.4, -0.2) is 95.2 Å². The molecular formula is C19H37N3O6. The minimum Gasteiger partial charge on any atom is -0.377 e. The predicted molar refractivity (Wildman–Crippen MR) is 105 cm³/mol. The van der Waals surface area contributed by atoms with Crippen molar-refractivity contribution in [2.75, 3.05) is 72.5 Å². The summed E-state index contributed by atoms with van der Waals surface area (Å²) in [7, 11) is 0. The zero-order valence-electron chi connectivity index (χ0n) is 17.3. The number of hydrogen-bond donors (Lipinski definition) is 2. The fourth-order valence-corrected chi connectivity index (χ4v) is 2.55. The van der Waals surface area contributed by atoms with Crippen LogP contribution in [-0.2, 0) is 28.5 Å².